The van der Waals surface area contributed by atoms with Gasteiger partial charge in [-0.3, -0.25) is 18.9 Å². The summed E-state index contributed by atoms with van der Waals surface area (Å²) in [6.07, 6.45) is 14.7. The SMILES string of the molecule is C#CC(C)Oc1cc(N2C(=O)C3=C(CCCC3)C2=O)c(F)cc1Cl.CCCCCCCCSC(=O)Oc1cc(Cl)nnc1-c1ccccc1.CP(=O)(O)CCC(N)C(=O)O. The number of amides is 2. The number of aromatic nitrogens is 2. The second-order valence-electron chi connectivity index (χ2n) is 14.0. The minimum atomic E-state index is -3.10. The molecule has 324 valence electrons. The molecule has 18 heteroatoms. The molecule has 1 aliphatic carbocycles. The topological polar surface area (TPSA) is 199 Å². The number of nitrogens with zero attached hydrogens (tertiary/aromatic N) is 3. The first-order chi connectivity index (χ1) is 28.5. The van der Waals surface area contributed by atoms with E-state index >= 15 is 0 Å². The maximum atomic E-state index is 14.4. The van der Waals surface area contributed by atoms with Crippen molar-refractivity contribution in [2.45, 2.75) is 96.6 Å². The number of carbonyl (C=O) groups is 4. The Bertz CT molecular complexity index is 2070. The van der Waals surface area contributed by atoms with Crippen molar-refractivity contribution in [1.82, 2.24) is 10.2 Å². The Morgan fingerprint density at radius 2 is 1.63 bits per heavy atom. The smallest absolute Gasteiger partial charge is 0.372 e. The van der Waals surface area contributed by atoms with Crippen molar-refractivity contribution in [1.29, 1.82) is 0 Å². The van der Waals surface area contributed by atoms with Crippen LogP contribution in [-0.4, -0.2) is 74.0 Å². The number of anilines is 1. The summed E-state index contributed by atoms with van der Waals surface area (Å²) in [4.78, 5) is 56.9. The van der Waals surface area contributed by atoms with Gasteiger partial charge in [0.1, 0.15) is 23.3 Å². The number of rotatable bonds is 16. The summed E-state index contributed by atoms with van der Waals surface area (Å²) in [5, 5.41) is 16.1. The van der Waals surface area contributed by atoms with E-state index in [1.54, 1.807) is 6.92 Å². The number of carboxylic acids is 1. The van der Waals surface area contributed by atoms with Gasteiger partial charge in [0.2, 0.25) is 0 Å². The molecule has 5 rings (SSSR count). The van der Waals surface area contributed by atoms with E-state index in [2.05, 4.69) is 23.0 Å². The molecule has 0 saturated carbocycles. The fraction of sp³-hybridized carbons (Fsp3) is 0.429. The number of terminal acetylenes is 1. The molecule has 4 N–H and O–H groups in total. The number of aliphatic carboxylic acids is 1. The molecular weight excluding hydrogens is 857 g/mol. The van der Waals surface area contributed by atoms with Gasteiger partial charge in [-0.15, -0.1) is 16.6 Å². The number of benzene rings is 2. The standard InChI is InChI=1S/C19H23ClN2O2S.C18H15ClFNO3.C5H12NO4P/c1-2-3-4-5-6-10-13-25-19(23)24-16-14-17(20)21-22-18(16)15-11-8-7-9-12-15;1-3-10(2)24-16-9-15(14(20)8-13(16)19)21-17(22)11-6-4-5-7-12(11)18(21)23;1-11(9,10)3-2-4(6)5(7)8/h7-9,11-12,14H,2-6,10,13H2,1H3;1,8-10H,4-7H2,2H3;4H,2-3,6H2,1H3,(H,7,8)(H,9,10). The minimum Gasteiger partial charge on any atom is -0.480 e. The first kappa shape index (κ1) is 50.1. The molecule has 3 atom stereocenters. The molecule has 2 aliphatic rings. The van der Waals surface area contributed by atoms with E-state index in [-0.39, 0.29) is 39.5 Å². The van der Waals surface area contributed by atoms with Crippen molar-refractivity contribution in [3.63, 3.8) is 0 Å². The van der Waals surface area contributed by atoms with Crippen molar-refractivity contribution in [3.05, 3.63) is 75.7 Å². The van der Waals surface area contributed by atoms with Crippen LogP contribution in [-0.2, 0) is 18.9 Å². The Hall–Kier alpha value is -4.29. The molecule has 60 heavy (non-hydrogen) atoms. The lowest BCUT2D eigenvalue weighted by atomic mass is 9.93. The van der Waals surface area contributed by atoms with E-state index in [9.17, 15) is 28.1 Å². The van der Waals surface area contributed by atoms with E-state index in [0.717, 1.165) is 48.0 Å². The van der Waals surface area contributed by atoms with Crippen LogP contribution in [0.4, 0.5) is 14.9 Å². The van der Waals surface area contributed by atoms with E-state index < -0.39 is 43.1 Å². The van der Waals surface area contributed by atoms with E-state index in [0.29, 0.717) is 35.4 Å². The third-order valence-corrected chi connectivity index (χ3v) is 11.4. The number of unbranched alkanes of at least 4 members (excludes halogenated alkanes) is 5. The van der Waals surface area contributed by atoms with Gasteiger partial charge < -0.3 is 25.2 Å². The van der Waals surface area contributed by atoms with Crippen LogP contribution in [0.2, 0.25) is 10.2 Å². The van der Waals surface area contributed by atoms with E-state index in [1.165, 1.54) is 56.2 Å². The zero-order valence-electron chi connectivity index (χ0n) is 33.7. The number of ether oxygens (including phenoxy) is 2. The molecule has 3 aromatic rings. The highest BCUT2D eigenvalue weighted by Gasteiger charge is 2.41. The zero-order chi connectivity index (χ0) is 44.4. The summed E-state index contributed by atoms with van der Waals surface area (Å²) < 4.78 is 35.9. The molecule has 1 aliphatic heterocycles. The lowest BCUT2D eigenvalue weighted by Gasteiger charge is -2.19. The fourth-order valence-corrected chi connectivity index (χ4v) is 7.60. The van der Waals surface area contributed by atoms with Gasteiger partial charge in [-0.2, -0.15) is 0 Å². The first-order valence-electron chi connectivity index (χ1n) is 19.4. The molecular formula is C42H50Cl2FN4O9PS. The highest BCUT2D eigenvalue weighted by molar-refractivity contribution is 8.13. The summed E-state index contributed by atoms with van der Waals surface area (Å²) in [6.45, 7) is 5.02. The Balaban J connectivity index is 0.000000259. The van der Waals surface area contributed by atoms with E-state index in [1.807, 2.05) is 30.3 Å². The predicted molar refractivity (Wildman–Crippen MR) is 234 cm³/mol. The summed E-state index contributed by atoms with van der Waals surface area (Å²) >= 11 is 13.1. The molecule has 0 spiro atoms. The van der Waals surface area contributed by atoms with Crippen LogP contribution >= 0.6 is 42.3 Å². The second-order valence-corrected chi connectivity index (χ2v) is 18.4. The molecule has 0 radical (unpaired) electrons. The summed E-state index contributed by atoms with van der Waals surface area (Å²) in [5.41, 5.74) is 7.24. The predicted octanol–water partition coefficient (Wildman–Crippen LogP) is 9.70. The number of thioether (sulfide) groups is 1. The molecule has 3 unspecified atom stereocenters. The number of hydrogen-bond donors (Lipinski definition) is 3. The van der Waals surface area contributed by atoms with Gasteiger partial charge in [0, 0.05) is 47.4 Å². The Labute approximate surface area is 364 Å². The number of imide groups is 1. The van der Waals surface area contributed by atoms with Crippen molar-refractivity contribution < 1.29 is 47.6 Å². The van der Waals surface area contributed by atoms with Crippen LogP contribution in [0.3, 0.4) is 0 Å². The average molecular weight is 908 g/mol. The molecule has 0 bridgehead atoms. The lowest BCUT2D eigenvalue weighted by molar-refractivity contribution is -0.138. The number of hydrogen-bond acceptors (Lipinski definition) is 11. The van der Waals surface area contributed by atoms with Crippen molar-refractivity contribution in [3.8, 4) is 35.1 Å². The zero-order valence-corrected chi connectivity index (χ0v) is 36.9. The monoisotopic (exact) mass is 906 g/mol. The maximum Gasteiger partial charge on any atom is 0.372 e. The average Bonchev–Trinajstić information content (AvgIpc) is 3.46. The summed E-state index contributed by atoms with van der Waals surface area (Å²) in [7, 11) is -3.10. The quantitative estimate of drug-likeness (QED) is 0.0404. The number of carbonyl (C=O) groups excluding carboxylic acids is 3. The molecule has 0 fully saturated rings. The van der Waals surface area contributed by atoms with Gasteiger partial charge in [0.15, 0.2) is 24.4 Å². The van der Waals surface area contributed by atoms with Crippen molar-refractivity contribution >= 4 is 71.1 Å². The molecule has 13 nitrogen and oxygen atoms in total. The number of nitrogens with two attached hydrogens (primary N) is 1. The van der Waals surface area contributed by atoms with Crippen LogP contribution in [0, 0.1) is 18.2 Å². The Morgan fingerprint density at radius 1 is 1.02 bits per heavy atom. The maximum absolute atomic E-state index is 14.4. The van der Waals surface area contributed by atoms with Gasteiger partial charge in [-0.25, -0.2) is 14.1 Å². The molecule has 2 aromatic carbocycles. The number of halogens is 3. The molecule has 1 aromatic heterocycles. The lowest BCUT2D eigenvalue weighted by Crippen LogP contribution is -2.32. The van der Waals surface area contributed by atoms with Gasteiger partial charge in [-0.05, 0) is 63.3 Å². The van der Waals surface area contributed by atoms with Gasteiger partial charge in [0.25, 0.3) is 11.8 Å². The van der Waals surface area contributed by atoms with Gasteiger partial charge in [0.05, 0.1) is 10.7 Å². The van der Waals surface area contributed by atoms with Crippen molar-refractivity contribution in [2.24, 2.45) is 5.73 Å². The summed E-state index contributed by atoms with van der Waals surface area (Å²) in [6, 6.07) is 12.2. The van der Waals surface area contributed by atoms with E-state index in [4.69, 9.17) is 54.8 Å². The van der Waals surface area contributed by atoms with Crippen LogP contribution in [0.15, 0.2) is 59.7 Å². The van der Waals surface area contributed by atoms with Crippen LogP contribution in [0.5, 0.6) is 11.5 Å². The van der Waals surface area contributed by atoms with Crippen LogP contribution in [0.25, 0.3) is 11.3 Å². The third-order valence-electron chi connectivity index (χ3n) is 9.03. The molecule has 2 amide bonds. The number of carboxylic acid groups (broad SMARTS) is 1. The fourth-order valence-electron chi connectivity index (χ4n) is 5.85. The highest BCUT2D eigenvalue weighted by atomic mass is 35.5. The first-order valence-corrected chi connectivity index (χ1v) is 23.4. The van der Waals surface area contributed by atoms with Gasteiger partial charge >= 0.3 is 11.3 Å². The normalized spacial score (nSPS) is 15.3. The largest absolute Gasteiger partial charge is 0.480 e. The Kier molecular flexibility index (Phi) is 20.7. The van der Waals surface area contributed by atoms with Crippen LogP contribution in [0.1, 0.15) is 84.5 Å². The third kappa shape index (κ3) is 16.0. The second kappa shape index (κ2) is 24.8. The van der Waals surface area contributed by atoms with Gasteiger partial charge in [-0.1, -0.05) is 98.5 Å². The molecule has 2 heterocycles. The van der Waals surface area contributed by atoms with Crippen LogP contribution < -0.4 is 20.1 Å². The minimum absolute atomic E-state index is 0.0233. The van der Waals surface area contributed by atoms with Crippen molar-refractivity contribution in [2.75, 3.05) is 23.5 Å². The molecule has 0 saturated heterocycles. The Morgan fingerprint density at radius 3 is 2.22 bits per heavy atom. The summed E-state index contributed by atoms with van der Waals surface area (Å²) in [5.74, 6) is 0.768. The highest BCUT2D eigenvalue weighted by Crippen LogP contribution is 2.40.